The van der Waals surface area contributed by atoms with Gasteiger partial charge < -0.3 is 15.1 Å². The van der Waals surface area contributed by atoms with Gasteiger partial charge in [0.05, 0.1) is 11.7 Å². The number of nitrogens with one attached hydrogen (secondary N) is 1. The van der Waals surface area contributed by atoms with E-state index in [-0.39, 0.29) is 24.4 Å². The molecule has 0 spiro atoms. The van der Waals surface area contributed by atoms with E-state index >= 15 is 0 Å². The van der Waals surface area contributed by atoms with Gasteiger partial charge >= 0.3 is 0 Å². The van der Waals surface area contributed by atoms with Crippen LogP contribution in [0.15, 0.2) is 54.6 Å². The fourth-order valence-corrected chi connectivity index (χ4v) is 3.08. The predicted molar refractivity (Wildman–Crippen MR) is 99.3 cm³/mol. The minimum atomic E-state index is -0.282. The van der Waals surface area contributed by atoms with Crippen LogP contribution in [0, 0.1) is 0 Å². The van der Waals surface area contributed by atoms with Gasteiger partial charge in [-0.3, -0.25) is 9.59 Å². The van der Waals surface area contributed by atoms with E-state index in [1.54, 1.807) is 16.8 Å². The van der Waals surface area contributed by atoms with Crippen molar-refractivity contribution in [2.45, 2.75) is 13.0 Å². The van der Waals surface area contributed by atoms with E-state index in [4.69, 9.17) is 0 Å². The Morgan fingerprint density at radius 2 is 1.72 bits per heavy atom. The average Bonchev–Trinajstić information content (AvgIpc) is 2.67. The Balaban J connectivity index is 1.83. The summed E-state index contributed by atoms with van der Waals surface area (Å²) in [5, 5.41) is 2.93. The first-order valence-electron chi connectivity index (χ1n) is 8.52. The Morgan fingerprint density at radius 1 is 1.04 bits per heavy atom. The fourth-order valence-electron chi connectivity index (χ4n) is 3.08. The van der Waals surface area contributed by atoms with Gasteiger partial charge in [0.15, 0.2) is 0 Å². The van der Waals surface area contributed by atoms with E-state index in [1.807, 2.05) is 61.5 Å². The van der Waals surface area contributed by atoms with E-state index < -0.39 is 0 Å². The number of hydrogen-bond acceptors (Lipinski definition) is 3. The first kappa shape index (κ1) is 17.2. The summed E-state index contributed by atoms with van der Waals surface area (Å²) < 4.78 is 0. The molecule has 2 amide bonds. The van der Waals surface area contributed by atoms with Crippen LogP contribution >= 0.6 is 0 Å². The van der Waals surface area contributed by atoms with Crippen LogP contribution in [-0.2, 0) is 9.59 Å². The molecule has 0 saturated carbocycles. The van der Waals surface area contributed by atoms with Crippen molar-refractivity contribution in [3.63, 3.8) is 0 Å². The van der Waals surface area contributed by atoms with Gasteiger partial charge in [0.25, 0.3) is 0 Å². The van der Waals surface area contributed by atoms with Crippen molar-refractivity contribution in [3.05, 3.63) is 54.6 Å². The first-order chi connectivity index (χ1) is 12.1. The molecule has 0 bridgehead atoms. The lowest BCUT2D eigenvalue weighted by atomic mass is 10.0. The summed E-state index contributed by atoms with van der Waals surface area (Å²) in [6, 6.07) is 17.7. The maximum atomic E-state index is 12.7. The smallest absolute Gasteiger partial charge is 0.246 e. The second-order valence-corrected chi connectivity index (χ2v) is 6.20. The summed E-state index contributed by atoms with van der Waals surface area (Å²) in [7, 11) is 1.75. The summed E-state index contributed by atoms with van der Waals surface area (Å²) in [6.45, 7) is 2.97. The van der Waals surface area contributed by atoms with Gasteiger partial charge in [0.1, 0.15) is 6.54 Å². The normalized spacial score (nSPS) is 16.0. The molecule has 5 nitrogen and oxygen atoms in total. The van der Waals surface area contributed by atoms with Crippen molar-refractivity contribution >= 4 is 17.5 Å². The Morgan fingerprint density at radius 3 is 2.40 bits per heavy atom. The van der Waals surface area contributed by atoms with Gasteiger partial charge in [0.2, 0.25) is 11.8 Å². The van der Waals surface area contributed by atoms with Crippen molar-refractivity contribution < 1.29 is 9.59 Å². The second kappa shape index (κ2) is 7.49. The zero-order valence-electron chi connectivity index (χ0n) is 14.6. The number of amides is 2. The second-order valence-electron chi connectivity index (χ2n) is 6.20. The predicted octanol–water partition coefficient (Wildman–Crippen LogP) is 2.14. The lowest BCUT2D eigenvalue weighted by Gasteiger charge is -2.36. The molecule has 1 aliphatic heterocycles. The van der Waals surface area contributed by atoms with Crippen molar-refractivity contribution in [2.24, 2.45) is 0 Å². The zero-order valence-corrected chi connectivity index (χ0v) is 14.6. The molecule has 2 aromatic carbocycles. The molecule has 0 aromatic heterocycles. The summed E-state index contributed by atoms with van der Waals surface area (Å²) >= 11 is 0. The number of carbonyl (C=O) groups excluding carboxylic acids is 2. The van der Waals surface area contributed by atoms with Crippen LogP contribution in [0.1, 0.15) is 6.92 Å². The molecule has 3 rings (SSSR count). The van der Waals surface area contributed by atoms with Gasteiger partial charge in [-0.05, 0) is 25.6 Å². The Kier molecular flexibility index (Phi) is 5.14. The number of carbonyl (C=O) groups is 2. The number of likely N-dealkylation sites (N-methyl/N-ethyl adjacent to an activating group) is 1. The molecule has 0 aliphatic carbocycles. The number of benzene rings is 2. The first-order valence-corrected chi connectivity index (χ1v) is 8.52. The average molecular weight is 337 g/mol. The van der Waals surface area contributed by atoms with Gasteiger partial charge in [-0.1, -0.05) is 48.5 Å². The number of anilines is 1. The molecular formula is C20H23N3O2. The minimum Gasteiger partial charge on any atom is -0.330 e. The van der Waals surface area contributed by atoms with Crippen LogP contribution in [0.5, 0.6) is 0 Å². The lowest BCUT2D eigenvalue weighted by molar-refractivity contribution is -0.138. The third-order valence-electron chi connectivity index (χ3n) is 4.62. The largest absolute Gasteiger partial charge is 0.330 e. The highest BCUT2D eigenvalue weighted by Crippen LogP contribution is 2.31. The quantitative estimate of drug-likeness (QED) is 0.930. The Bertz CT molecular complexity index is 761. The summed E-state index contributed by atoms with van der Waals surface area (Å²) in [4.78, 5) is 28.4. The number of hydrogen-bond donors (Lipinski definition) is 1. The third-order valence-corrected chi connectivity index (χ3v) is 4.62. The van der Waals surface area contributed by atoms with Crippen molar-refractivity contribution in [1.29, 1.82) is 0 Å². The molecule has 1 fully saturated rings. The van der Waals surface area contributed by atoms with E-state index in [9.17, 15) is 9.59 Å². The monoisotopic (exact) mass is 337 g/mol. The molecule has 1 N–H and O–H groups in total. The molecule has 2 aromatic rings. The molecule has 5 heteroatoms. The SMILES string of the molecule is CNC(C)C(=O)N1CCN(c2ccccc2-c2ccccc2)C(=O)C1. The van der Waals surface area contributed by atoms with E-state index in [0.717, 1.165) is 16.8 Å². The van der Waals surface area contributed by atoms with Gasteiger partial charge in [-0.25, -0.2) is 0 Å². The summed E-state index contributed by atoms with van der Waals surface area (Å²) in [5.41, 5.74) is 3.00. The molecule has 130 valence electrons. The van der Waals surface area contributed by atoms with Crippen LogP contribution < -0.4 is 10.2 Å². The highest BCUT2D eigenvalue weighted by atomic mass is 16.2. The fraction of sp³-hybridized carbons (Fsp3) is 0.300. The standard InChI is InChI=1S/C20H23N3O2/c1-15(21-2)20(25)22-12-13-23(19(24)14-22)18-11-7-6-10-17(18)16-8-4-3-5-9-16/h3-11,15,21H,12-14H2,1-2H3. The highest BCUT2D eigenvalue weighted by molar-refractivity contribution is 6.01. The highest BCUT2D eigenvalue weighted by Gasteiger charge is 2.30. The summed E-state index contributed by atoms with van der Waals surface area (Å²) in [5.74, 6) is -0.0851. The molecule has 1 saturated heterocycles. The number of rotatable bonds is 4. The lowest BCUT2D eigenvalue weighted by Crippen LogP contribution is -2.55. The molecular weight excluding hydrogens is 314 g/mol. The zero-order chi connectivity index (χ0) is 17.8. The summed E-state index contributed by atoms with van der Waals surface area (Å²) in [6.07, 6.45) is 0. The topological polar surface area (TPSA) is 52.7 Å². The third kappa shape index (κ3) is 3.56. The molecule has 1 unspecified atom stereocenters. The molecule has 1 aliphatic rings. The van der Waals surface area contributed by atoms with E-state index in [0.29, 0.717) is 13.1 Å². The van der Waals surface area contributed by atoms with Crippen molar-refractivity contribution in [3.8, 4) is 11.1 Å². The molecule has 1 atom stereocenters. The van der Waals surface area contributed by atoms with Gasteiger partial charge in [-0.2, -0.15) is 0 Å². The van der Waals surface area contributed by atoms with Gasteiger partial charge in [0, 0.05) is 18.7 Å². The number of piperazine rings is 1. The Labute approximate surface area is 148 Å². The van der Waals surface area contributed by atoms with E-state index in [1.165, 1.54) is 0 Å². The molecule has 25 heavy (non-hydrogen) atoms. The maximum absolute atomic E-state index is 12.7. The van der Waals surface area contributed by atoms with Crippen LogP contribution in [0.25, 0.3) is 11.1 Å². The van der Waals surface area contributed by atoms with Gasteiger partial charge in [-0.15, -0.1) is 0 Å². The van der Waals surface area contributed by atoms with Crippen LogP contribution in [0.3, 0.4) is 0 Å². The van der Waals surface area contributed by atoms with Crippen molar-refractivity contribution in [2.75, 3.05) is 31.6 Å². The van der Waals surface area contributed by atoms with Crippen LogP contribution in [0.4, 0.5) is 5.69 Å². The number of nitrogens with zero attached hydrogens (tertiary/aromatic N) is 2. The molecule has 0 radical (unpaired) electrons. The maximum Gasteiger partial charge on any atom is 0.246 e. The number of para-hydroxylation sites is 1. The minimum absolute atomic E-state index is 0.0353. The van der Waals surface area contributed by atoms with E-state index in [2.05, 4.69) is 5.32 Å². The Hall–Kier alpha value is -2.66. The molecule has 1 heterocycles. The van der Waals surface area contributed by atoms with Crippen LogP contribution in [0.2, 0.25) is 0 Å². The van der Waals surface area contributed by atoms with Crippen LogP contribution in [-0.4, -0.2) is 49.4 Å². The van der Waals surface area contributed by atoms with Crippen molar-refractivity contribution in [1.82, 2.24) is 10.2 Å².